The quantitative estimate of drug-likeness (QED) is 0.542. The van der Waals surface area contributed by atoms with Gasteiger partial charge in [0.1, 0.15) is 0 Å². The lowest BCUT2D eigenvalue weighted by atomic mass is 9.97. The normalized spacial score (nSPS) is 16.3. The summed E-state index contributed by atoms with van der Waals surface area (Å²) in [5, 5.41) is 7.57. The first-order chi connectivity index (χ1) is 16.7. The molecule has 4 rings (SSSR count). The summed E-state index contributed by atoms with van der Waals surface area (Å²) in [6, 6.07) is 9.76. The summed E-state index contributed by atoms with van der Waals surface area (Å²) in [7, 11) is 0. The summed E-state index contributed by atoms with van der Waals surface area (Å²) < 4.78 is 1.70. The molecule has 1 aliphatic rings. The third kappa shape index (κ3) is 5.92. The molecule has 1 aliphatic heterocycles. The van der Waals surface area contributed by atoms with Crippen LogP contribution in [0.4, 0.5) is 5.69 Å². The molecule has 1 saturated heterocycles. The van der Waals surface area contributed by atoms with Crippen molar-refractivity contribution >= 4 is 17.5 Å². The van der Waals surface area contributed by atoms with Crippen LogP contribution in [0.15, 0.2) is 30.3 Å². The van der Waals surface area contributed by atoms with E-state index in [4.69, 9.17) is 5.73 Å². The van der Waals surface area contributed by atoms with Crippen LogP contribution in [-0.2, 0) is 22.6 Å². The minimum Gasteiger partial charge on any atom is -0.369 e. The van der Waals surface area contributed by atoms with Crippen LogP contribution in [0.2, 0.25) is 0 Å². The number of amides is 2. The van der Waals surface area contributed by atoms with Crippen LogP contribution < -0.4 is 11.1 Å². The SMILES string of the molecule is Cc1cc(C)nc(-n2nc(C)c(CC(=O)Nc3ccc(CN4CCC[C@H](C(N)=O)C4)cc3)c2C)n1. The maximum absolute atomic E-state index is 12.8. The van der Waals surface area contributed by atoms with Crippen molar-refractivity contribution in [2.45, 2.75) is 53.5 Å². The first kappa shape index (κ1) is 24.5. The number of likely N-dealkylation sites (tertiary alicyclic amines) is 1. The van der Waals surface area contributed by atoms with Gasteiger partial charge in [0.25, 0.3) is 5.95 Å². The number of nitrogens with one attached hydrogen (secondary N) is 1. The summed E-state index contributed by atoms with van der Waals surface area (Å²) in [5.41, 5.74) is 11.6. The molecule has 184 valence electrons. The van der Waals surface area contributed by atoms with E-state index in [0.29, 0.717) is 12.5 Å². The number of carbonyl (C=O) groups excluding carboxylic acids is 2. The van der Waals surface area contributed by atoms with Crippen molar-refractivity contribution in [1.82, 2.24) is 24.6 Å². The second kappa shape index (κ2) is 10.4. The molecular weight excluding hydrogens is 442 g/mol. The summed E-state index contributed by atoms with van der Waals surface area (Å²) in [6.07, 6.45) is 2.06. The predicted octanol–water partition coefficient (Wildman–Crippen LogP) is 2.77. The number of nitrogens with two attached hydrogens (primary N) is 1. The molecule has 1 aromatic carbocycles. The third-order valence-corrected chi connectivity index (χ3v) is 6.49. The van der Waals surface area contributed by atoms with Crippen molar-refractivity contribution in [2.24, 2.45) is 11.7 Å². The zero-order valence-corrected chi connectivity index (χ0v) is 20.8. The van der Waals surface area contributed by atoms with E-state index in [1.54, 1.807) is 4.68 Å². The Kier molecular flexibility index (Phi) is 7.25. The largest absolute Gasteiger partial charge is 0.369 e. The molecule has 1 fully saturated rings. The molecular formula is C26H33N7O2. The predicted molar refractivity (Wildman–Crippen MR) is 134 cm³/mol. The monoisotopic (exact) mass is 475 g/mol. The Morgan fingerprint density at radius 2 is 1.77 bits per heavy atom. The first-order valence-electron chi connectivity index (χ1n) is 12.0. The summed E-state index contributed by atoms with van der Waals surface area (Å²) in [4.78, 5) is 35.6. The number of benzene rings is 1. The lowest BCUT2D eigenvalue weighted by Gasteiger charge is -2.31. The second-order valence-corrected chi connectivity index (χ2v) is 9.41. The number of carbonyl (C=O) groups is 2. The number of aromatic nitrogens is 4. The van der Waals surface area contributed by atoms with Crippen molar-refractivity contribution in [2.75, 3.05) is 18.4 Å². The summed E-state index contributed by atoms with van der Waals surface area (Å²) >= 11 is 0. The molecule has 3 heterocycles. The molecule has 3 N–H and O–H groups in total. The van der Waals surface area contributed by atoms with Crippen LogP contribution in [0.3, 0.4) is 0 Å². The molecule has 9 nitrogen and oxygen atoms in total. The first-order valence-corrected chi connectivity index (χ1v) is 12.0. The Labute approximate surface area is 205 Å². The molecule has 0 saturated carbocycles. The van der Waals surface area contributed by atoms with Crippen LogP contribution in [0.1, 0.15) is 46.7 Å². The van der Waals surface area contributed by atoms with Crippen molar-refractivity contribution < 1.29 is 9.59 Å². The van der Waals surface area contributed by atoms with Gasteiger partial charge in [-0.25, -0.2) is 14.6 Å². The van der Waals surface area contributed by atoms with E-state index in [-0.39, 0.29) is 24.2 Å². The molecule has 2 amide bonds. The van der Waals surface area contributed by atoms with Gasteiger partial charge in [0.2, 0.25) is 11.8 Å². The molecule has 9 heteroatoms. The van der Waals surface area contributed by atoms with Crippen molar-refractivity contribution in [3.8, 4) is 5.95 Å². The van der Waals surface area contributed by atoms with Crippen LogP contribution in [0, 0.1) is 33.6 Å². The van der Waals surface area contributed by atoms with Gasteiger partial charge in [-0.3, -0.25) is 14.5 Å². The molecule has 3 aromatic rings. The van der Waals surface area contributed by atoms with Crippen molar-refractivity contribution in [3.05, 3.63) is 64.2 Å². The minimum absolute atomic E-state index is 0.0694. The van der Waals surface area contributed by atoms with Gasteiger partial charge in [-0.1, -0.05) is 12.1 Å². The topological polar surface area (TPSA) is 119 Å². The standard InChI is InChI=1S/C26H33N7O2/c1-16-12-17(2)29-26(28-16)33-19(4)23(18(3)31-33)13-24(34)30-22-9-7-20(8-10-22)14-32-11-5-6-21(15-32)25(27)35/h7-10,12,21H,5-6,11,13-15H2,1-4H3,(H2,27,35)(H,30,34)/t21-/m0/s1. The molecule has 0 spiro atoms. The number of aryl methyl sites for hydroxylation is 3. The molecule has 0 aliphatic carbocycles. The van der Waals surface area contributed by atoms with Crippen LogP contribution in [0.25, 0.3) is 5.95 Å². The number of hydrogen-bond donors (Lipinski definition) is 2. The van der Waals surface area contributed by atoms with E-state index in [1.807, 2.05) is 58.0 Å². The maximum Gasteiger partial charge on any atom is 0.251 e. The number of nitrogens with zero attached hydrogens (tertiary/aromatic N) is 5. The Morgan fingerprint density at radius 3 is 2.43 bits per heavy atom. The van der Waals surface area contributed by atoms with E-state index in [1.165, 1.54) is 0 Å². The summed E-state index contributed by atoms with van der Waals surface area (Å²) in [5.74, 6) is 0.122. The van der Waals surface area contributed by atoms with E-state index in [0.717, 1.165) is 65.5 Å². The minimum atomic E-state index is -0.217. The third-order valence-electron chi connectivity index (χ3n) is 6.49. The molecule has 0 unspecified atom stereocenters. The second-order valence-electron chi connectivity index (χ2n) is 9.41. The fraction of sp³-hybridized carbons (Fsp3) is 0.423. The highest BCUT2D eigenvalue weighted by Crippen LogP contribution is 2.20. The Balaban J connectivity index is 1.38. The molecule has 2 aromatic heterocycles. The van der Waals surface area contributed by atoms with Crippen LogP contribution in [0.5, 0.6) is 0 Å². The average molecular weight is 476 g/mol. The van der Waals surface area contributed by atoms with Gasteiger partial charge in [0.05, 0.1) is 18.0 Å². The molecule has 0 bridgehead atoms. The van der Waals surface area contributed by atoms with Crippen LogP contribution in [-0.4, -0.2) is 49.6 Å². The van der Waals surface area contributed by atoms with Gasteiger partial charge in [0.15, 0.2) is 0 Å². The zero-order chi connectivity index (χ0) is 25.1. The zero-order valence-electron chi connectivity index (χ0n) is 20.8. The lowest BCUT2D eigenvalue weighted by Crippen LogP contribution is -2.40. The number of hydrogen-bond acceptors (Lipinski definition) is 6. The Bertz CT molecular complexity index is 1210. The fourth-order valence-corrected chi connectivity index (χ4v) is 4.68. The van der Waals surface area contributed by atoms with Gasteiger partial charge in [0, 0.05) is 41.4 Å². The highest BCUT2D eigenvalue weighted by atomic mass is 16.2. The van der Waals surface area contributed by atoms with Gasteiger partial charge < -0.3 is 11.1 Å². The van der Waals surface area contributed by atoms with E-state index < -0.39 is 0 Å². The van der Waals surface area contributed by atoms with Crippen LogP contribution >= 0.6 is 0 Å². The van der Waals surface area contributed by atoms with Gasteiger partial charge in [-0.05, 0) is 70.8 Å². The van der Waals surface area contributed by atoms with Crippen molar-refractivity contribution in [3.63, 3.8) is 0 Å². The lowest BCUT2D eigenvalue weighted by molar-refractivity contribution is -0.123. The van der Waals surface area contributed by atoms with Gasteiger partial charge in [-0.15, -0.1) is 0 Å². The Morgan fingerprint density at radius 1 is 1.09 bits per heavy atom. The average Bonchev–Trinajstić information content (AvgIpc) is 3.08. The number of rotatable bonds is 7. The molecule has 35 heavy (non-hydrogen) atoms. The van der Waals surface area contributed by atoms with Crippen molar-refractivity contribution in [1.29, 1.82) is 0 Å². The maximum atomic E-state index is 12.8. The highest BCUT2D eigenvalue weighted by Gasteiger charge is 2.24. The smallest absolute Gasteiger partial charge is 0.251 e. The van der Waals surface area contributed by atoms with Gasteiger partial charge in [-0.2, -0.15) is 5.10 Å². The fourth-order valence-electron chi connectivity index (χ4n) is 4.68. The number of piperidine rings is 1. The van der Waals surface area contributed by atoms with E-state index in [9.17, 15) is 9.59 Å². The molecule has 1 atom stereocenters. The van der Waals surface area contributed by atoms with E-state index in [2.05, 4.69) is 25.3 Å². The van der Waals surface area contributed by atoms with E-state index >= 15 is 0 Å². The highest BCUT2D eigenvalue weighted by molar-refractivity contribution is 5.92. The molecule has 0 radical (unpaired) electrons. The number of anilines is 1. The van der Waals surface area contributed by atoms with Gasteiger partial charge >= 0.3 is 0 Å². The summed E-state index contributed by atoms with van der Waals surface area (Å²) in [6.45, 7) is 10.1. The Hall–Kier alpha value is -3.59. The number of primary amides is 1.